The molecule has 5 rings (SSSR count). The molecule has 3 aliphatic rings. The van der Waals surface area contributed by atoms with Crippen molar-refractivity contribution >= 4 is 6.09 Å². The van der Waals surface area contributed by atoms with Gasteiger partial charge in [0, 0.05) is 25.7 Å². The van der Waals surface area contributed by atoms with E-state index in [1.807, 2.05) is 12.1 Å². The van der Waals surface area contributed by atoms with Crippen molar-refractivity contribution in [2.24, 2.45) is 5.41 Å². The third kappa shape index (κ3) is 3.40. The summed E-state index contributed by atoms with van der Waals surface area (Å²) >= 11 is 0. The number of carbonyl (C=O) groups is 1. The Kier molecular flexibility index (Phi) is 5.25. The summed E-state index contributed by atoms with van der Waals surface area (Å²) in [7, 11) is 0. The molecule has 2 aromatic rings. The minimum Gasteiger partial charge on any atom is -0.448 e. The molecule has 0 saturated carbocycles. The van der Waals surface area contributed by atoms with E-state index in [1.54, 1.807) is 4.90 Å². The van der Waals surface area contributed by atoms with Crippen LogP contribution in [-0.2, 0) is 9.47 Å². The molecule has 2 aromatic carbocycles. The van der Waals surface area contributed by atoms with Gasteiger partial charge in [0.05, 0.1) is 12.6 Å². The van der Waals surface area contributed by atoms with E-state index in [9.17, 15) is 9.90 Å². The van der Waals surface area contributed by atoms with Crippen molar-refractivity contribution in [3.05, 3.63) is 59.7 Å². The maximum Gasteiger partial charge on any atom is 0.410 e. The molecule has 1 spiro atoms. The van der Waals surface area contributed by atoms with Gasteiger partial charge in [0.25, 0.3) is 0 Å². The Labute approximate surface area is 177 Å². The van der Waals surface area contributed by atoms with Crippen LogP contribution in [-0.4, -0.2) is 55.1 Å². The molecule has 158 valence electrons. The second-order valence-electron chi connectivity index (χ2n) is 8.92. The van der Waals surface area contributed by atoms with Crippen molar-refractivity contribution in [2.75, 3.05) is 33.0 Å². The van der Waals surface area contributed by atoms with Gasteiger partial charge in [-0.2, -0.15) is 0 Å². The van der Waals surface area contributed by atoms with E-state index in [2.05, 4.69) is 36.4 Å². The summed E-state index contributed by atoms with van der Waals surface area (Å²) in [5.74, 6) is 0.0516. The topological polar surface area (TPSA) is 59.0 Å². The zero-order valence-corrected chi connectivity index (χ0v) is 17.3. The predicted molar refractivity (Wildman–Crippen MR) is 114 cm³/mol. The molecular formula is C25H29NO4. The summed E-state index contributed by atoms with van der Waals surface area (Å²) in [4.78, 5) is 14.9. The van der Waals surface area contributed by atoms with E-state index < -0.39 is 0 Å². The minimum atomic E-state index is -0.304. The van der Waals surface area contributed by atoms with E-state index in [0.717, 1.165) is 38.9 Å². The lowest BCUT2D eigenvalue weighted by atomic mass is 9.72. The van der Waals surface area contributed by atoms with Crippen LogP contribution < -0.4 is 0 Å². The van der Waals surface area contributed by atoms with Crippen molar-refractivity contribution in [3.8, 4) is 11.1 Å². The third-order valence-corrected chi connectivity index (χ3v) is 7.29. The maximum atomic E-state index is 13.1. The summed E-state index contributed by atoms with van der Waals surface area (Å²) in [6.45, 7) is 2.46. The summed E-state index contributed by atoms with van der Waals surface area (Å²) in [6.07, 6.45) is 3.49. The van der Waals surface area contributed by atoms with Gasteiger partial charge < -0.3 is 19.5 Å². The first-order valence-corrected chi connectivity index (χ1v) is 11.0. The van der Waals surface area contributed by atoms with Gasteiger partial charge in [-0.25, -0.2) is 4.79 Å². The van der Waals surface area contributed by atoms with Crippen molar-refractivity contribution in [1.29, 1.82) is 0 Å². The first-order chi connectivity index (χ1) is 14.7. The Morgan fingerprint density at radius 2 is 1.67 bits per heavy atom. The fourth-order valence-electron chi connectivity index (χ4n) is 5.49. The first-order valence-electron chi connectivity index (χ1n) is 11.0. The van der Waals surface area contributed by atoms with Crippen LogP contribution in [0.3, 0.4) is 0 Å². The molecule has 2 fully saturated rings. The first kappa shape index (κ1) is 19.6. The van der Waals surface area contributed by atoms with E-state index in [-0.39, 0.29) is 30.1 Å². The lowest BCUT2D eigenvalue weighted by Crippen LogP contribution is -2.54. The van der Waals surface area contributed by atoms with Crippen molar-refractivity contribution in [3.63, 3.8) is 0 Å². The second kappa shape index (κ2) is 8.05. The van der Waals surface area contributed by atoms with E-state index in [4.69, 9.17) is 9.47 Å². The number of ether oxygens (including phenoxy) is 2. The van der Waals surface area contributed by atoms with Crippen molar-refractivity contribution in [2.45, 2.75) is 37.6 Å². The molecule has 0 aromatic heterocycles. The zero-order valence-electron chi connectivity index (χ0n) is 17.3. The van der Waals surface area contributed by atoms with Crippen LogP contribution in [0.4, 0.5) is 4.79 Å². The van der Waals surface area contributed by atoms with Gasteiger partial charge in [-0.05, 0) is 53.4 Å². The number of fused-ring (bicyclic) bond motifs is 3. The van der Waals surface area contributed by atoms with Gasteiger partial charge in [-0.15, -0.1) is 0 Å². The predicted octanol–water partition coefficient (Wildman–Crippen LogP) is 4.19. The Balaban J connectivity index is 1.33. The maximum absolute atomic E-state index is 13.1. The molecule has 1 unspecified atom stereocenters. The van der Waals surface area contributed by atoms with E-state index >= 15 is 0 Å². The molecule has 2 heterocycles. The van der Waals surface area contributed by atoms with Crippen LogP contribution in [0.5, 0.6) is 0 Å². The number of aliphatic hydroxyl groups is 1. The lowest BCUT2D eigenvalue weighted by molar-refractivity contribution is -0.0491. The van der Waals surface area contributed by atoms with Gasteiger partial charge in [-0.1, -0.05) is 48.5 Å². The lowest BCUT2D eigenvalue weighted by Gasteiger charge is -2.47. The fourth-order valence-corrected chi connectivity index (χ4v) is 5.49. The smallest absolute Gasteiger partial charge is 0.410 e. The normalized spacial score (nSPS) is 22.6. The fraction of sp³-hybridized carbons (Fsp3) is 0.480. The molecular weight excluding hydrogens is 378 g/mol. The highest BCUT2D eigenvalue weighted by molar-refractivity contribution is 5.79. The average molecular weight is 408 g/mol. The molecule has 0 bridgehead atoms. The van der Waals surface area contributed by atoms with Crippen LogP contribution >= 0.6 is 0 Å². The third-order valence-electron chi connectivity index (χ3n) is 7.29. The Morgan fingerprint density at radius 1 is 1.03 bits per heavy atom. The van der Waals surface area contributed by atoms with Crippen LogP contribution in [0.15, 0.2) is 48.5 Å². The van der Waals surface area contributed by atoms with Crippen LogP contribution in [0.25, 0.3) is 11.1 Å². The quantitative estimate of drug-likeness (QED) is 0.829. The SMILES string of the molecule is O=C(OCC1c2ccccc2-c2ccccc21)N1CC2(CCOCC2)CCC1CO. The summed E-state index contributed by atoms with van der Waals surface area (Å²) in [5.41, 5.74) is 4.98. The van der Waals surface area contributed by atoms with Crippen molar-refractivity contribution < 1.29 is 19.4 Å². The highest BCUT2D eigenvalue weighted by atomic mass is 16.6. The second-order valence-corrected chi connectivity index (χ2v) is 8.92. The average Bonchev–Trinajstić information content (AvgIpc) is 3.12. The van der Waals surface area contributed by atoms with Gasteiger partial charge in [0.2, 0.25) is 0 Å². The van der Waals surface area contributed by atoms with E-state index in [0.29, 0.717) is 13.2 Å². The number of amides is 1. The molecule has 1 amide bonds. The van der Waals surface area contributed by atoms with Gasteiger partial charge >= 0.3 is 6.09 Å². The zero-order chi connectivity index (χ0) is 20.6. The number of hydrogen-bond acceptors (Lipinski definition) is 4. The van der Waals surface area contributed by atoms with Gasteiger partial charge in [0.15, 0.2) is 0 Å². The molecule has 1 N–H and O–H groups in total. The highest BCUT2D eigenvalue weighted by Crippen LogP contribution is 2.45. The molecule has 30 heavy (non-hydrogen) atoms. The summed E-state index contributed by atoms with van der Waals surface area (Å²) in [6, 6.07) is 16.6. The molecule has 1 aliphatic carbocycles. The number of carbonyl (C=O) groups excluding carboxylic acids is 1. The summed E-state index contributed by atoms with van der Waals surface area (Å²) in [5, 5.41) is 9.86. The number of piperidine rings is 1. The van der Waals surface area contributed by atoms with Crippen molar-refractivity contribution in [1.82, 2.24) is 4.90 Å². The molecule has 2 aliphatic heterocycles. The minimum absolute atomic E-state index is 0.0171. The van der Waals surface area contributed by atoms with Gasteiger partial charge in [-0.3, -0.25) is 0 Å². The molecule has 1 atom stereocenters. The largest absolute Gasteiger partial charge is 0.448 e. The monoisotopic (exact) mass is 407 g/mol. The number of rotatable bonds is 3. The summed E-state index contributed by atoms with van der Waals surface area (Å²) < 4.78 is 11.4. The van der Waals surface area contributed by atoms with Gasteiger partial charge in [0.1, 0.15) is 6.61 Å². The Morgan fingerprint density at radius 3 is 2.30 bits per heavy atom. The number of likely N-dealkylation sites (tertiary alicyclic amines) is 1. The molecule has 0 radical (unpaired) electrons. The van der Waals surface area contributed by atoms with Crippen LogP contribution in [0, 0.1) is 5.41 Å². The van der Waals surface area contributed by atoms with Crippen LogP contribution in [0.2, 0.25) is 0 Å². The number of aliphatic hydroxyl groups excluding tert-OH is 1. The Hall–Kier alpha value is -2.37. The molecule has 2 saturated heterocycles. The standard InChI is InChI=1S/C25H29NO4/c27-15-18-9-10-25(11-13-29-14-12-25)17-26(18)24(28)30-16-23-21-7-3-1-5-19(21)20-6-2-4-8-22(20)23/h1-8,18,23,27H,9-17H2. The Bertz CT molecular complexity index is 875. The highest BCUT2D eigenvalue weighted by Gasteiger charge is 2.43. The van der Waals surface area contributed by atoms with E-state index in [1.165, 1.54) is 22.3 Å². The molecule has 5 heteroatoms. The molecule has 5 nitrogen and oxygen atoms in total. The number of nitrogens with zero attached hydrogens (tertiary/aromatic N) is 1. The number of benzene rings is 2. The van der Waals surface area contributed by atoms with Crippen LogP contribution in [0.1, 0.15) is 42.7 Å². The number of hydrogen-bond donors (Lipinski definition) is 1.